The molecular formula is C19H32IN5O. The number of carbonyl (C=O) groups is 1. The molecule has 3 N–H and O–H groups in total. The second kappa shape index (κ2) is 12.0. The molecule has 1 saturated heterocycles. The third kappa shape index (κ3) is 7.39. The standard InChI is InChI=1S/C19H31N5O.HI/c1-4-11-21-18(25)13-22-19(20-5-2)23-16-10-12-24(14-16)17-8-6-15(3)7-9-17;/h6-9,16H,4-5,10-14H2,1-3H3,(H,21,25)(H2,20,22,23);1H. The number of halogens is 1. The molecule has 0 saturated carbocycles. The lowest BCUT2D eigenvalue weighted by atomic mass is 10.2. The Morgan fingerprint density at radius 1 is 1.23 bits per heavy atom. The highest BCUT2D eigenvalue weighted by molar-refractivity contribution is 14.0. The van der Waals surface area contributed by atoms with Gasteiger partial charge in [-0.25, -0.2) is 4.99 Å². The van der Waals surface area contributed by atoms with E-state index >= 15 is 0 Å². The van der Waals surface area contributed by atoms with E-state index in [2.05, 4.69) is 57.0 Å². The molecule has 1 amide bonds. The number of benzene rings is 1. The van der Waals surface area contributed by atoms with E-state index in [4.69, 9.17) is 0 Å². The molecule has 7 heteroatoms. The molecule has 0 radical (unpaired) electrons. The lowest BCUT2D eigenvalue weighted by Crippen LogP contribution is -2.45. The van der Waals surface area contributed by atoms with Crippen LogP contribution in [0.25, 0.3) is 0 Å². The fourth-order valence-electron chi connectivity index (χ4n) is 2.85. The van der Waals surface area contributed by atoms with Gasteiger partial charge in [-0.1, -0.05) is 24.6 Å². The number of anilines is 1. The zero-order valence-electron chi connectivity index (χ0n) is 16.0. The number of nitrogens with one attached hydrogen (secondary N) is 3. The zero-order chi connectivity index (χ0) is 18.1. The zero-order valence-corrected chi connectivity index (χ0v) is 18.4. The molecular weight excluding hydrogens is 441 g/mol. The lowest BCUT2D eigenvalue weighted by Gasteiger charge is -2.20. The SMILES string of the molecule is CCCNC(=O)CN=C(NCC)NC1CCN(c2ccc(C)cc2)C1.I. The highest BCUT2D eigenvalue weighted by Gasteiger charge is 2.23. The molecule has 1 unspecified atom stereocenters. The first kappa shape index (κ1) is 22.5. The van der Waals surface area contributed by atoms with Crippen LogP contribution in [0.1, 0.15) is 32.3 Å². The molecule has 6 nitrogen and oxygen atoms in total. The Hall–Kier alpha value is -1.51. The molecule has 1 aromatic carbocycles. The van der Waals surface area contributed by atoms with Crippen molar-refractivity contribution < 1.29 is 4.79 Å². The summed E-state index contributed by atoms with van der Waals surface area (Å²) >= 11 is 0. The molecule has 0 spiro atoms. The molecule has 1 aliphatic rings. The molecule has 1 aromatic rings. The minimum atomic E-state index is -0.0354. The number of rotatable bonds is 7. The van der Waals surface area contributed by atoms with E-state index in [1.165, 1.54) is 11.3 Å². The number of aryl methyl sites for hydroxylation is 1. The van der Waals surface area contributed by atoms with Crippen LogP contribution in [0.15, 0.2) is 29.3 Å². The van der Waals surface area contributed by atoms with Crippen molar-refractivity contribution >= 4 is 41.5 Å². The number of guanidine groups is 1. The predicted octanol–water partition coefficient (Wildman–Crippen LogP) is 2.27. The Kier molecular flexibility index (Phi) is 10.4. The van der Waals surface area contributed by atoms with Gasteiger partial charge in [-0.3, -0.25) is 4.79 Å². The summed E-state index contributed by atoms with van der Waals surface area (Å²) in [5.74, 6) is 0.677. The van der Waals surface area contributed by atoms with E-state index < -0.39 is 0 Å². The summed E-state index contributed by atoms with van der Waals surface area (Å²) in [5.41, 5.74) is 2.54. The molecule has 26 heavy (non-hydrogen) atoms. The van der Waals surface area contributed by atoms with Gasteiger partial charge in [-0.15, -0.1) is 24.0 Å². The Labute approximate surface area is 174 Å². The van der Waals surface area contributed by atoms with Crippen molar-refractivity contribution in [1.29, 1.82) is 0 Å². The van der Waals surface area contributed by atoms with Crippen molar-refractivity contribution in [2.24, 2.45) is 4.99 Å². The van der Waals surface area contributed by atoms with Crippen LogP contribution >= 0.6 is 24.0 Å². The van der Waals surface area contributed by atoms with E-state index in [0.29, 0.717) is 18.5 Å². The summed E-state index contributed by atoms with van der Waals surface area (Å²) in [5, 5.41) is 9.53. The van der Waals surface area contributed by atoms with Gasteiger partial charge in [0, 0.05) is 37.9 Å². The predicted molar refractivity (Wildman–Crippen MR) is 120 cm³/mol. The summed E-state index contributed by atoms with van der Waals surface area (Å²) in [4.78, 5) is 18.5. The second-order valence-corrected chi connectivity index (χ2v) is 6.46. The van der Waals surface area contributed by atoms with Crippen LogP contribution in [0, 0.1) is 6.92 Å². The number of aliphatic imine (C=N–C) groups is 1. The van der Waals surface area contributed by atoms with Crippen molar-refractivity contribution in [2.45, 2.75) is 39.7 Å². The summed E-state index contributed by atoms with van der Waals surface area (Å²) in [6.07, 6.45) is 1.99. The van der Waals surface area contributed by atoms with Crippen LogP contribution in [0.3, 0.4) is 0 Å². The maximum absolute atomic E-state index is 11.7. The maximum atomic E-state index is 11.7. The average molecular weight is 473 g/mol. The third-order valence-electron chi connectivity index (χ3n) is 4.23. The largest absolute Gasteiger partial charge is 0.369 e. The Balaban J connectivity index is 0.00000338. The summed E-state index contributed by atoms with van der Waals surface area (Å²) in [6.45, 7) is 9.77. The van der Waals surface area contributed by atoms with Crippen molar-refractivity contribution in [3.8, 4) is 0 Å². The first-order valence-corrected chi connectivity index (χ1v) is 9.25. The molecule has 0 bridgehead atoms. The van der Waals surface area contributed by atoms with E-state index in [-0.39, 0.29) is 36.4 Å². The molecule has 1 atom stereocenters. The molecule has 146 valence electrons. The van der Waals surface area contributed by atoms with Gasteiger partial charge in [0.2, 0.25) is 5.91 Å². The van der Waals surface area contributed by atoms with E-state index in [1.807, 2.05) is 13.8 Å². The minimum absolute atomic E-state index is 0. The monoisotopic (exact) mass is 473 g/mol. The van der Waals surface area contributed by atoms with Gasteiger partial charge >= 0.3 is 0 Å². The second-order valence-electron chi connectivity index (χ2n) is 6.46. The van der Waals surface area contributed by atoms with E-state index in [1.54, 1.807) is 0 Å². The first-order valence-electron chi connectivity index (χ1n) is 9.25. The number of hydrogen-bond acceptors (Lipinski definition) is 3. The fourth-order valence-corrected chi connectivity index (χ4v) is 2.85. The first-order chi connectivity index (χ1) is 12.1. The van der Waals surface area contributed by atoms with Crippen LogP contribution in [-0.4, -0.2) is 50.6 Å². The van der Waals surface area contributed by atoms with Crippen LogP contribution in [0.4, 0.5) is 5.69 Å². The number of carbonyl (C=O) groups excluding carboxylic acids is 1. The molecule has 0 aliphatic carbocycles. The normalized spacial score (nSPS) is 16.8. The topological polar surface area (TPSA) is 68.8 Å². The van der Waals surface area contributed by atoms with Crippen molar-refractivity contribution in [2.75, 3.05) is 37.6 Å². The number of amides is 1. The minimum Gasteiger partial charge on any atom is -0.369 e. The van der Waals surface area contributed by atoms with Gasteiger partial charge in [0.15, 0.2) is 5.96 Å². The van der Waals surface area contributed by atoms with E-state index in [0.717, 1.165) is 32.5 Å². The van der Waals surface area contributed by atoms with Crippen LogP contribution < -0.4 is 20.9 Å². The molecule has 1 fully saturated rings. The number of hydrogen-bond donors (Lipinski definition) is 3. The maximum Gasteiger partial charge on any atom is 0.241 e. The molecule has 2 rings (SSSR count). The summed E-state index contributed by atoms with van der Waals surface area (Å²) in [7, 11) is 0. The van der Waals surface area contributed by atoms with Gasteiger partial charge in [0.1, 0.15) is 6.54 Å². The van der Waals surface area contributed by atoms with Gasteiger partial charge in [-0.05, 0) is 38.8 Å². The van der Waals surface area contributed by atoms with Crippen molar-refractivity contribution in [3.05, 3.63) is 29.8 Å². The summed E-state index contributed by atoms with van der Waals surface area (Å²) in [6, 6.07) is 8.98. The van der Waals surface area contributed by atoms with Crippen LogP contribution in [-0.2, 0) is 4.79 Å². The smallest absolute Gasteiger partial charge is 0.241 e. The molecule has 1 aliphatic heterocycles. The number of nitrogens with zero attached hydrogens (tertiary/aromatic N) is 2. The van der Waals surface area contributed by atoms with E-state index in [9.17, 15) is 4.79 Å². The average Bonchev–Trinajstić information content (AvgIpc) is 3.07. The molecule has 1 heterocycles. The van der Waals surface area contributed by atoms with Gasteiger partial charge < -0.3 is 20.9 Å². The van der Waals surface area contributed by atoms with Gasteiger partial charge in [0.25, 0.3) is 0 Å². The third-order valence-corrected chi connectivity index (χ3v) is 4.23. The highest BCUT2D eigenvalue weighted by atomic mass is 127. The summed E-state index contributed by atoms with van der Waals surface area (Å²) < 4.78 is 0. The van der Waals surface area contributed by atoms with Gasteiger partial charge in [-0.2, -0.15) is 0 Å². The molecule has 0 aromatic heterocycles. The van der Waals surface area contributed by atoms with Crippen molar-refractivity contribution in [1.82, 2.24) is 16.0 Å². The van der Waals surface area contributed by atoms with Crippen LogP contribution in [0.2, 0.25) is 0 Å². The quantitative estimate of drug-likeness (QED) is 0.323. The Morgan fingerprint density at radius 2 is 1.96 bits per heavy atom. The van der Waals surface area contributed by atoms with Crippen molar-refractivity contribution in [3.63, 3.8) is 0 Å². The van der Waals surface area contributed by atoms with Crippen LogP contribution in [0.5, 0.6) is 0 Å². The lowest BCUT2D eigenvalue weighted by molar-refractivity contribution is -0.119. The van der Waals surface area contributed by atoms with Gasteiger partial charge in [0.05, 0.1) is 0 Å². The Morgan fingerprint density at radius 3 is 2.62 bits per heavy atom. The highest BCUT2D eigenvalue weighted by Crippen LogP contribution is 2.20. The Bertz CT molecular complexity index is 576. The fraction of sp³-hybridized carbons (Fsp3) is 0.579.